The summed E-state index contributed by atoms with van der Waals surface area (Å²) < 4.78 is 0. The normalized spacial score (nSPS) is 20.8. The number of aliphatic hydroxyl groups is 1. The van der Waals surface area contributed by atoms with Crippen LogP contribution in [0.3, 0.4) is 0 Å². The topological polar surface area (TPSA) is 63.3 Å². The lowest BCUT2D eigenvalue weighted by Crippen LogP contribution is -2.05. The second-order valence-corrected chi connectivity index (χ2v) is 2.69. The van der Waals surface area contributed by atoms with Crippen LogP contribution in [0, 0.1) is 0 Å². The molecule has 0 bridgehead atoms. The van der Waals surface area contributed by atoms with Crippen LogP contribution in [-0.4, -0.2) is 10.9 Å². The highest BCUT2D eigenvalue weighted by Gasteiger charge is 2.20. The maximum atomic E-state index is 10.9. The van der Waals surface area contributed by atoms with E-state index in [1.165, 1.54) is 12.2 Å². The Hall–Kier alpha value is -1.77. The van der Waals surface area contributed by atoms with Crippen molar-refractivity contribution in [3.8, 4) is 0 Å². The van der Waals surface area contributed by atoms with Crippen LogP contribution >= 0.6 is 0 Å². The third-order valence-corrected chi connectivity index (χ3v) is 1.88. The van der Waals surface area contributed by atoms with Gasteiger partial charge in [-0.05, 0) is 23.8 Å². The molecule has 3 nitrogen and oxygen atoms in total. The highest BCUT2D eigenvalue weighted by Crippen LogP contribution is 2.29. The molecule has 0 aromatic carbocycles. The van der Waals surface area contributed by atoms with Gasteiger partial charge in [-0.2, -0.15) is 0 Å². The van der Waals surface area contributed by atoms with E-state index in [4.69, 9.17) is 5.73 Å². The van der Waals surface area contributed by atoms with Crippen molar-refractivity contribution < 1.29 is 9.90 Å². The fourth-order valence-electron chi connectivity index (χ4n) is 1.26. The number of fused-ring (bicyclic) bond motifs is 1. The van der Waals surface area contributed by atoms with E-state index >= 15 is 0 Å². The standard InChI is InChI=1S/C9H7NO2/c10-9-7-4-6(11)2-1-5(7)3-8(9)12/h1-4,12H,10H2. The van der Waals surface area contributed by atoms with Crippen molar-refractivity contribution in [3.05, 3.63) is 46.9 Å². The molecule has 0 fully saturated rings. The minimum atomic E-state index is -0.0974. The van der Waals surface area contributed by atoms with Gasteiger partial charge in [0.25, 0.3) is 0 Å². The molecule has 2 aliphatic carbocycles. The van der Waals surface area contributed by atoms with Gasteiger partial charge >= 0.3 is 0 Å². The molecule has 0 atom stereocenters. The first-order valence-corrected chi connectivity index (χ1v) is 3.53. The first-order chi connectivity index (χ1) is 5.68. The van der Waals surface area contributed by atoms with Gasteiger partial charge in [-0.1, -0.05) is 6.08 Å². The summed E-state index contributed by atoms with van der Waals surface area (Å²) in [5.41, 5.74) is 7.22. The predicted octanol–water partition coefficient (Wildman–Crippen LogP) is 0.720. The van der Waals surface area contributed by atoms with Crippen molar-refractivity contribution >= 4 is 5.78 Å². The first kappa shape index (κ1) is 6.91. The van der Waals surface area contributed by atoms with Gasteiger partial charge in [-0.25, -0.2) is 0 Å². The summed E-state index contributed by atoms with van der Waals surface area (Å²) in [6.45, 7) is 0. The van der Waals surface area contributed by atoms with Gasteiger partial charge in [0.2, 0.25) is 0 Å². The summed E-state index contributed by atoms with van der Waals surface area (Å²) in [4.78, 5) is 10.9. The van der Waals surface area contributed by atoms with Crippen LogP contribution in [0.2, 0.25) is 0 Å². The average molecular weight is 161 g/mol. The van der Waals surface area contributed by atoms with Gasteiger partial charge in [-0.15, -0.1) is 0 Å². The minimum absolute atomic E-state index is 0.0376. The van der Waals surface area contributed by atoms with E-state index in [1.807, 2.05) is 0 Å². The van der Waals surface area contributed by atoms with Gasteiger partial charge in [0.1, 0.15) is 5.76 Å². The molecule has 0 saturated carbocycles. The zero-order valence-corrected chi connectivity index (χ0v) is 6.24. The smallest absolute Gasteiger partial charge is 0.179 e. The van der Waals surface area contributed by atoms with Crippen LogP contribution in [0.15, 0.2) is 46.9 Å². The minimum Gasteiger partial charge on any atom is -0.506 e. The van der Waals surface area contributed by atoms with Crippen molar-refractivity contribution in [2.45, 2.75) is 0 Å². The molecule has 0 aromatic heterocycles. The lowest BCUT2D eigenvalue weighted by molar-refractivity contribution is -0.110. The number of carbonyl (C=O) groups excluding carboxylic acids is 1. The van der Waals surface area contributed by atoms with Crippen LogP contribution in [0.1, 0.15) is 0 Å². The number of allylic oxidation sites excluding steroid dienone is 5. The highest BCUT2D eigenvalue weighted by atomic mass is 16.3. The molecule has 2 rings (SSSR count). The summed E-state index contributed by atoms with van der Waals surface area (Å²) in [5.74, 6) is -0.0598. The van der Waals surface area contributed by atoms with Crippen molar-refractivity contribution in [2.75, 3.05) is 0 Å². The number of aliphatic hydroxyl groups excluding tert-OH is 1. The monoisotopic (exact) mass is 161 g/mol. The molecule has 3 heteroatoms. The first-order valence-electron chi connectivity index (χ1n) is 3.53. The Balaban J connectivity index is 2.55. The van der Waals surface area contributed by atoms with Crippen LogP contribution in [0.4, 0.5) is 0 Å². The van der Waals surface area contributed by atoms with Crippen LogP contribution in [-0.2, 0) is 4.79 Å². The number of nitrogens with two attached hydrogens (primary N) is 1. The van der Waals surface area contributed by atoms with Crippen LogP contribution in [0.25, 0.3) is 0 Å². The molecule has 0 heterocycles. The molecule has 2 aliphatic rings. The second kappa shape index (κ2) is 2.11. The molecule has 3 N–H and O–H groups in total. The van der Waals surface area contributed by atoms with Crippen molar-refractivity contribution in [1.29, 1.82) is 0 Å². The summed E-state index contributed by atoms with van der Waals surface area (Å²) in [7, 11) is 0. The Bertz CT molecular complexity index is 379. The number of hydrogen-bond acceptors (Lipinski definition) is 3. The third-order valence-electron chi connectivity index (χ3n) is 1.88. The zero-order chi connectivity index (χ0) is 8.72. The fraction of sp³-hybridized carbons (Fsp3) is 0. The van der Waals surface area contributed by atoms with Gasteiger partial charge in [0.05, 0.1) is 5.70 Å². The van der Waals surface area contributed by atoms with E-state index < -0.39 is 0 Å². The fourth-order valence-corrected chi connectivity index (χ4v) is 1.26. The number of hydrogen-bond donors (Lipinski definition) is 2. The second-order valence-electron chi connectivity index (χ2n) is 2.69. The third kappa shape index (κ3) is 0.797. The largest absolute Gasteiger partial charge is 0.506 e. The molecule has 0 aliphatic heterocycles. The zero-order valence-electron chi connectivity index (χ0n) is 6.24. The molecule has 12 heavy (non-hydrogen) atoms. The van der Waals surface area contributed by atoms with Gasteiger partial charge in [0, 0.05) is 5.57 Å². The molecule has 0 aromatic rings. The van der Waals surface area contributed by atoms with Crippen LogP contribution < -0.4 is 5.73 Å². The maximum absolute atomic E-state index is 10.9. The van der Waals surface area contributed by atoms with Crippen molar-refractivity contribution in [3.63, 3.8) is 0 Å². The van der Waals surface area contributed by atoms with Crippen molar-refractivity contribution in [1.82, 2.24) is 0 Å². The predicted molar refractivity (Wildman–Crippen MR) is 44.2 cm³/mol. The molecule has 0 amide bonds. The van der Waals surface area contributed by atoms with E-state index in [2.05, 4.69) is 0 Å². The molecule has 0 saturated heterocycles. The molecule has 60 valence electrons. The Kier molecular flexibility index (Phi) is 1.21. The summed E-state index contributed by atoms with van der Waals surface area (Å²) >= 11 is 0. The lowest BCUT2D eigenvalue weighted by atomic mass is 10.0. The molecular weight excluding hydrogens is 154 g/mol. The Morgan fingerprint density at radius 2 is 2.00 bits per heavy atom. The molecule has 0 unspecified atom stereocenters. The summed E-state index contributed by atoms with van der Waals surface area (Å²) in [5, 5.41) is 9.21. The van der Waals surface area contributed by atoms with E-state index in [9.17, 15) is 9.90 Å². The van der Waals surface area contributed by atoms with E-state index in [-0.39, 0.29) is 17.2 Å². The van der Waals surface area contributed by atoms with Gasteiger partial charge < -0.3 is 10.8 Å². The van der Waals surface area contributed by atoms with E-state index in [1.54, 1.807) is 12.2 Å². The Labute approximate surface area is 69.2 Å². The van der Waals surface area contributed by atoms with Crippen LogP contribution in [0.5, 0.6) is 0 Å². The number of rotatable bonds is 0. The van der Waals surface area contributed by atoms with E-state index in [0.29, 0.717) is 5.57 Å². The quantitative estimate of drug-likeness (QED) is 0.550. The molecule has 0 spiro atoms. The van der Waals surface area contributed by atoms with Gasteiger partial charge in [-0.3, -0.25) is 4.79 Å². The van der Waals surface area contributed by atoms with E-state index in [0.717, 1.165) is 5.57 Å². The average Bonchev–Trinajstić information content (AvgIpc) is 2.31. The lowest BCUT2D eigenvalue weighted by Gasteiger charge is -2.05. The SMILES string of the molecule is NC1=C(O)C=C2C=CC(=O)C=C21. The van der Waals surface area contributed by atoms with Crippen molar-refractivity contribution in [2.24, 2.45) is 5.73 Å². The Morgan fingerprint density at radius 1 is 1.25 bits per heavy atom. The Morgan fingerprint density at radius 3 is 2.75 bits per heavy atom. The summed E-state index contributed by atoms with van der Waals surface area (Å²) in [6, 6.07) is 0. The van der Waals surface area contributed by atoms with Gasteiger partial charge in [0.15, 0.2) is 5.78 Å². The number of ketones is 1. The number of carbonyl (C=O) groups is 1. The molecular formula is C9H7NO2. The molecule has 0 radical (unpaired) electrons. The maximum Gasteiger partial charge on any atom is 0.179 e. The highest BCUT2D eigenvalue weighted by molar-refractivity contribution is 6.03. The summed E-state index contributed by atoms with van der Waals surface area (Å²) in [6.07, 6.45) is 6.06.